The van der Waals surface area contributed by atoms with Crippen molar-refractivity contribution in [3.8, 4) is 16.6 Å². The van der Waals surface area contributed by atoms with Crippen molar-refractivity contribution >= 4 is 27.2 Å². The van der Waals surface area contributed by atoms with Crippen molar-refractivity contribution in [2.24, 2.45) is 0 Å². The van der Waals surface area contributed by atoms with E-state index in [1.54, 1.807) is 11.3 Å². The van der Waals surface area contributed by atoms with Crippen molar-refractivity contribution in [3.63, 3.8) is 0 Å². The molecule has 2 aromatic heterocycles. The first-order chi connectivity index (χ1) is 10.3. The van der Waals surface area contributed by atoms with Crippen LogP contribution < -0.4 is 5.32 Å². The molecule has 0 saturated heterocycles. The molecule has 0 atom stereocenters. The number of hydrogen-bond acceptors (Lipinski definition) is 4. The first-order valence-electron chi connectivity index (χ1n) is 6.96. The van der Waals surface area contributed by atoms with Crippen LogP contribution in [0.15, 0.2) is 42.5 Å². The molecule has 0 radical (unpaired) electrons. The van der Waals surface area contributed by atoms with Gasteiger partial charge in [0.25, 0.3) is 0 Å². The van der Waals surface area contributed by atoms with E-state index in [9.17, 15) is 0 Å². The van der Waals surface area contributed by atoms with Gasteiger partial charge in [0.2, 0.25) is 0 Å². The van der Waals surface area contributed by atoms with E-state index in [1.165, 1.54) is 10.1 Å². The molecule has 0 bridgehead atoms. The predicted octanol–water partition coefficient (Wildman–Crippen LogP) is 4.66. The highest BCUT2D eigenvalue weighted by molar-refractivity contribution is 7.22. The van der Waals surface area contributed by atoms with Crippen molar-refractivity contribution in [1.29, 1.82) is 5.26 Å². The van der Waals surface area contributed by atoms with Crippen molar-refractivity contribution in [1.82, 2.24) is 4.98 Å². The van der Waals surface area contributed by atoms with E-state index in [4.69, 9.17) is 5.26 Å². The van der Waals surface area contributed by atoms with Gasteiger partial charge in [-0.05, 0) is 36.1 Å². The molecule has 21 heavy (non-hydrogen) atoms. The Balaban J connectivity index is 2.03. The third-order valence-corrected chi connectivity index (χ3v) is 4.37. The van der Waals surface area contributed by atoms with E-state index in [2.05, 4.69) is 41.5 Å². The van der Waals surface area contributed by atoms with Gasteiger partial charge in [-0.15, -0.1) is 11.3 Å². The van der Waals surface area contributed by atoms with Crippen LogP contribution in [0.4, 0.5) is 5.82 Å². The minimum atomic E-state index is 0.591. The number of pyridine rings is 1. The molecule has 104 valence electrons. The quantitative estimate of drug-likeness (QED) is 0.761. The van der Waals surface area contributed by atoms with Gasteiger partial charge in [0.1, 0.15) is 11.9 Å². The second-order valence-electron chi connectivity index (χ2n) is 4.78. The number of rotatable bonds is 4. The van der Waals surface area contributed by atoms with E-state index in [-0.39, 0.29) is 0 Å². The molecule has 0 unspecified atom stereocenters. The van der Waals surface area contributed by atoms with Gasteiger partial charge < -0.3 is 5.32 Å². The Hall–Kier alpha value is -2.38. The smallest absolute Gasteiger partial charge is 0.144 e. The largest absolute Gasteiger partial charge is 0.369 e. The minimum absolute atomic E-state index is 0.591. The molecule has 0 saturated carbocycles. The molecule has 3 nitrogen and oxygen atoms in total. The van der Waals surface area contributed by atoms with E-state index in [0.717, 1.165) is 23.5 Å². The monoisotopic (exact) mass is 293 g/mol. The SMILES string of the molecule is CCCNc1nc(-c2cc3ccccc3s2)ccc1C#N. The number of nitrogens with one attached hydrogen (secondary N) is 1. The molecular weight excluding hydrogens is 278 g/mol. The molecule has 1 aromatic carbocycles. The summed E-state index contributed by atoms with van der Waals surface area (Å²) in [6.45, 7) is 2.91. The molecule has 0 amide bonds. The van der Waals surface area contributed by atoms with Crippen LogP contribution in [0.3, 0.4) is 0 Å². The first kappa shape index (κ1) is 13.6. The van der Waals surface area contributed by atoms with Gasteiger partial charge in [-0.3, -0.25) is 0 Å². The molecule has 0 aliphatic carbocycles. The van der Waals surface area contributed by atoms with Crippen molar-refractivity contribution in [2.45, 2.75) is 13.3 Å². The second-order valence-corrected chi connectivity index (χ2v) is 5.86. The number of nitrogens with zero attached hydrogens (tertiary/aromatic N) is 2. The number of thiophene rings is 1. The van der Waals surface area contributed by atoms with Crippen LogP contribution in [0.1, 0.15) is 18.9 Å². The Morgan fingerprint density at radius 1 is 1.24 bits per heavy atom. The number of hydrogen-bond donors (Lipinski definition) is 1. The zero-order valence-corrected chi connectivity index (χ0v) is 12.6. The summed E-state index contributed by atoms with van der Waals surface area (Å²) in [6, 6.07) is 16.4. The highest BCUT2D eigenvalue weighted by atomic mass is 32.1. The maximum Gasteiger partial charge on any atom is 0.144 e. The average molecular weight is 293 g/mol. The molecule has 2 heterocycles. The van der Waals surface area contributed by atoms with Gasteiger partial charge in [0.05, 0.1) is 16.1 Å². The molecule has 0 fully saturated rings. The molecule has 0 spiro atoms. The van der Waals surface area contributed by atoms with Crippen LogP contribution in [-0.2, 0) is 0 Å². The zero-order valence-electron chi connectivity index (χ0n) is 11.8. The van der Waals surface area contributed by atoms with Gasteiger partial charge in [0, 0.05) is 11.2 Å². The van der Waals surface area contributed by atoms with Crippen molar-refractivity contribution in [3.05, 3.63) is 48.0 Å². The Morgan fingerprint density at radius 3 is 2.86 bits per heavy atom. The lowest BCUT2D eigenvalue weighted by Gasteiger charge is -2.07. The molecule has 3 aromatic rings. The summed E-state index contributed by atoms with van der Waals surface area (Å²) in [4.78, 5) is 5.75. The van der Waals surface area contributed by atoms with Crippen LogP contribution in [0, 0.1) is 11.3 Å². The topological polar surface area (TPSA) is 48.7 Å². The second kappa shape index (κ2) is 5.94. The highest BCUT2D eigenvalue weighted by Crippen LogP contribution is 2.33. The summed E-state index contributed by atoms with van der Waals surface area (Å²) >= 11 is 1.72. The summed E-state index contributed by atoms with van der Waals surface area (Å²) in [7, 11) is 0. The van der Waals surface area contributed by atoms with E-state index in [0.29, 0.717) is 11.4 Å². The summed E-state index contributed by atoms with van der Waals surface area (Å²) in [5, 5.41) is 13.6. The van der Waals surface area contributed by atoms with Gasteiger partial charge in [-0.2, -0.15) is 5.26 Å². The number of aromatic nitrogens is 1. The third kappa shape index (κ3) is 2.74. The van der Waals surface area contributed by atoms with E-state index < -0.39 is 0 Å². The first-order valence-corrected chi connectivity index (χ1v) is 7.77. The number of benzene rings is 1. The summed E-state index contributed by atoms with van der Waals surface area (Å²) in [5.74, 6) is 0.675. The Bertz CT molecular complexity index is 781. The molecule has 3 rings (SSSR count). The van der Waals surface area contributed by atoms with Gasteiger partial charge in [-0.25, -0.2) is 4.98 Å². The normalized spacial score (nSPS) is 10.5. The van der Waals surface area contributed by atoms with Crippen molar-refractivity contribution in [2.75, 3.05) is 11.9 Å². The van der Waals surface area contributed by atoms with Crippen LogP contribution in [0.25, 0.3) is 20.7 Å². The molecule has 1 N–H and O–H groups in total. The molecule has 0 aliphatic rings. The lowest BCUT2D eigenvalue weighted by atomic mass is 10.2. The van der Waals surface area contributed by atoms with Crippen LogP contribution >= 0.6 is 11.3 Å². The maximum absolute atomic E-state index is 9.17. The van der Waals surface area contributed by atoms with Crippen LogP contribution in [0.2, 0.25) is 0 Å². The van der Waals surface area contributed by atoms with Gasteiger partial charge >= 0.3 is 0 Å². The third-order valence-electron chi connectivity index (χ3n) is 3.24. The van der Waals surface area contributed by atoms with Gasteiger partial charge in [0.15, 0.2) is 0 Å². The molecule has 0 aliphatic heterocycles. The maximum atomic E-state index is 9.17. The fraction of sp³-hybridized carbons (Fsp3) is 0.176. The molecular formula is C17H15N3S. The Kier molecular flexibility index (Phi) is 3.85. The van der Waals surface area contributed by atoms with E-state index >= 15 is 0 Å². The summed E-state index contributed by atoms with van der Waals surface area (Å²) in [6.07, 6.45) is 1.000. The van der Waals surface area contributed by atoms with E-state index in [1.807, 2.05) is 24.3 Å². The minimum Gasteiger partial charge on any atom is -0.369 e. The van der Waals surface area contributed by atoms with Crippen molar-refractivity contribution < 1.29 is 0 Å². The zero-order chi connectivity index (χ0) is 14.7. The van der Waals surface area contributed by atoms with Gasteiger partial charge in [-0.1, -0.05) is 25.1 Å². The summed E-state index contributed by atoms with van der Waals surface area (Å²) < 4.78 is 1.25. The number of fused-ring (bicyclic) bond motifs is 1. The predicted molar refractivity (Wildman–Crippen MR) is 88.6 cm³/mol. The average Bonchev–Trinajstić information content (AvgIpc) is 2.96. The number of anilines is 1. The standard InChI is InChI=1S/C17H15N3S/c1-2-9-19-17-13(11-18)7-8-14(20-17)16-10-12-5-3-4-6-15(12)21-16/h3-8,10H,2,9H2,1H3,(H,19,20). The Morgan fingerprint density at radius 2 is 2.10 bits per heavy atom. The number of nitriles is 1. The molecule has 4 heteroatoms. The fourth-order valence-electron chi connectivity index (χ4n) is 2.17. The lowest BCUT2D eigenvalue weighted by Crippen LogP contribution is -2.04. The Labute approximate surface area is 127 Å². The fourth-order valence-corrected chi connectivity index (χ4v) is 3.21. The lowest BCUT2D eigenvalue weighted by molar-refractivity contribution is 0.968. The summed E-state index contributed by atoms with van der Waals surface area (Å²) in [5.41, 5.74) is 1.50. The van der Waals surface area contributed by atoms with Crippen LogP contribution in [-0.4, -0.2) is 11.5 Å². The highest BCUT2D eigenvalue weighted by Gasteiger charge is 2.09. The van der Waals surface area contributed by atoms with Crippen LogP contribution in [0.5, 0.6) is 0 Å².